The lowest BCUT2D eigenvalue weighted by molar-refractivity contribution is 0.261. The van der Waals surface area contributed by atoms with Crippen molar-refractivity contribution in [2.24, 2.45) is 13.0 Å². The number of rotatable bonds is 5. The van der Waals surface area contributed by atoms with Gasteiger partial charge in [0.05, 0.1) is 12.3 Å². The SMILES string of the molecule is Cc1nnc(Sc2ccc(N)c(OCC(C)C)n2)n1C. The predicted molar refractivity (Wildman–Crippen MR) is 78.8 cm³/mol. The van der Waals surface area contributed by atoms with Gasteiger partial charge in [-0.3, -0.25) is 0 Å². The monoisotopic (exact) mass is 293 g/mol. The summed E-state index contributed by atoms with van der Waals surface area (Å²) in [5.74, 6) is 1.76. The zero-order valence-electron chi connectivity index (χ0n) is 12.1. The molecule has 0 radical (unpaired) electrons. The number of pyridine rings is 1. The lowest BCUT2D eigenvalue weighted by atomic mass is 10.2. The average molecular weight is 293 g/mol. The van der Waals surface area contributed by atoms with E-state index in [-0.39, 0.29) is 0 Å². The molecule has 0 aliphatic heterocycles. The van der Waals surface area contributed by atoms with Crippen LogP contribution in [0.15, 0.2) is 22.3 Å². The first-order valence-electron chi connectivity index (χ1n) is 6.40. The predicted octanol–water partition coefficient (Wildman–Crippen LogP) is 2.29. The molecule has 0 fully saturated rings. The number of nitrogens with zero attached hydrogens (tertiary/aromatic N) is 4. The minimum Gasteiger partial charge on any atom is -0.476 e. The Morgan fingerprint density at radius 2 is 2.10 bits per heavy atom. The third kappa shape index (κ3) is 3.41. The van der Waals surface area contributed by atoms with E-state index in [0.29, 0.717) is 24.1 Å². The Bertz CT molecular complexity index is 596. The summed E-state index contributed by atoms with van der Waals surface area (Å²) in [6.45, 7) is 6.66. The Hall–Kier alpha value is -1.76. The topological polar surface area (TPSA) is 78.8 Å². The standard InChI is InChI=1S/C13H19N5OS/c1-8(2)7-19-12-10(14)5-6-11(15-12)20-13-17-16-9(3)18(13)4/h5-6,8H,7,14H2,1-4H3. The van der Waals surface area contributed by atoms with Crippen molar-refractivity contribution in [1.82, 2.24) is 19.7 Å². The zero-order chi connectivity index (χ0) is 14.7. The molecule has 20 heavy (non-hydrogen) atoms. The van der Waals surface area contributed by atoms with Crippen LogP contribution in [0.2, 0.25) is 0 Å². The van der Waals surface area contributed by atoms with Crippen LogP contribution in [0.3, 0.4) is 0 Å². The molecule has 0 amide bonds. The van der Waals surface area contributed by atoms with Crippen LogP contribution in [0.25, 0.3) is 0 Å². The highest BCUT2D eigenvalue weighted by atomic mass is 32.2. The van der Waals surface area contributed by atoms with E-state index >= 15 is 0 Å². The molecule has 6 nitrogen and oxygen atoms in total. The van der Waals surface area contributed by atoms with E-state index in [2.05, 4.69) is 29.0 Å². The lowest BCUT2D eigenvalue weighted by Crippen LogP contribution is -2.07. The highest BCUT2D eigenvalue weighted by Gasteiger charge is 2.11. The molecular formula is C13H19N5OS. The molecule has 0 aliphatic carbocycles. The molecule has 0 saturated carbocycles. The maximum absolute atomic E-state index is 5.87. The molecule has 0 unspecified atom stereocenters. The Balaban J connectivity index is 2.16. The van der Waals surface area contributed by atoms with Crippen LogP contribution in [-0.4, -0.2) is 26.4 Å². The zero-order valence-corrected chi connectivity index (χ0v) is 12.9. The maximum Gasteiger partial charge on any atom is 0.238 e. The molecule has 108 valence electrons. The fourth-order valence-corrected chi connectivity index (χ4v) is 2.22. The Kier molecular flexibility index (Phi) is 4.49. The molecule has 0 spiro atoms. The van der Waals surface area contributed by atoms with Crippen molar-refractivity contribution in [3.63, 3.8) is 0 Å². The Morgan fingerprint density at radius 3 is 2.70 bits per heavy atom. The Morgan fingerprint density at radius 1 is 1.35 bits per heavy atom. The molecule has 2 aromatic heterocycles. The summed E-state index contributed by atoms with van der Waals surface area (Å²) in [5, 5.41) is 9.69. The van der Waals surface area contributed by atoms with Gasteiger partial charge in [0.2, 0.25) is 5.88 Å². The third-order valence-corrected chi connectivity index (χ3v) is 3.64. The van der Waals surface area contributed by atoms with Crippen LogP contribution >= 0.6 is 11.8 Å². The summed E-state index contributed by atoms with van der Waals surface area (Å²) in [5.41, 5.74) is 6.42. The maximum atomic E-state index is 5.87. The van der Waals surface area contributed by atoms with E-state index in [4.69, 9.17) is 10.5 Å². The summed E-state index contributed by atoms with van der Waals surface area (Å²) in [6, 6.07) is 3.65. The average Bonchev–Trinajstić information content (AvgIpc) is 2.71. The quantitative estimate of drug-likeness (QED) is 0.911. The highest BCUT2D eigenvalue weighted by molar-refractivity contribution is 7.99. The minimum absolute atomic E-state index is 0.425. The van der Waals surface area contributed by atoms with Crippen molar-refractivity contribution in [3.05, 3.63) is 18.0 Å². The van der Waals surface area contributed by atoms with Gasteiger partial charge in [-0.25, -0.2) is 4.98 Å². The number of aromatic nitrogens is 4. The van der Waals surface area contributed by atoms with E-state index in [1.807, 2.05) is 24.6 Å². The van der Waals surface area contributed by atoms with Gasteiger partial charge in [0.15, 0.2) is 5.16 Å². The first-order chi connectivity index (χ1) is 9.47. The molecule has 0 bridgehead atoms. The van der Waals surface area contributed by atoms with Gasteiger partial charge < -0.3 is 15.0 Å². The number of hydrogen-bond acceptors (Lipinski definition) is 6. The van der Waals surface area contributed by atoms with Crippen LogP contribution in [0.1, 0.15) is 19.7 Å². The van der Waals surface area contributed by atoms with Crippen LogP contribution in [0.5, 0.6) is 5.88 Å². The second kappa shape index (κ2) is 6.13. The summed E-state index contributed by atoms with van der Waals surface area (Å²) < 4.78 is 7.53. The van der Waals surface area contributed by atoms with Crippen LogP contribution in [0, 0.1) is 12.8 Å². The second-order valence-electron chi connectivity index (χ2n) is 4.94. The van der Waals surface area contributed by atoms with Crippen LogP contribution in [-0.2, 0) is 7.05 Å². The summed E-state index contributed by atoms with van der Waals surface area (Å²) >= 11 is 1.43. The van der Waals surface area contributed by atoms with E-state index in [1.54, 1.807) is 6.07 Å². The fraction of sp³-hybridized carbons (Fsp3) is 0.462. The van der Waals surface area contributed by atoms with E-state index in [0.717, 1.165) is 16.0 Å². The molecule has 2 aromatic rings. The summed E-state index contributed by atoms with van der Waals surface area (Å²) in [6.07, 6.45) is 0. The van der Waals surface area contributed by atoms with Gasteiger partial charge in [-0.2, -0.15) is 0 Å². The molecule has 2 heterocycles. The van der Waals surface area contributed by atoms with Crippen molar-refractivity contribution in [1.29, 1.82) is 0 Å². The number of ether oxygens (including phenoxy) is 1. The van der Waals surface area contributed by atoms with Crippen molar-refractivity contribution in [2.75, 3.05) is 12.3 Å². The fourth-order valence-electron chi connectivity index (χ4n) is 1.42. The van der Waals surface area contributed by atoms with Crippen molar-refractivity contribution < 1.29 is 4.74 Å². The van der Waals surface area contributed by atoms with Gasteiger partial charge in [0.1, 0.15) is 10.9 Å². The normalized spacial score (nSPS) is 11.1. The first-order valence-corrected chi connectivity index (χ1v) is 7.22. The Labute approximate surface area is 122 Å². The third-order valence-electron chi connectivity index (χ3n) is 2.67. The highest BCUT2D eigenvalue weighted by Crippen LogP contribution is 2.28. The van der Waals surface area contributed by atoms with Gasteiger partial charge in [-0.05, 0) is 36.7 Å². The van der Waals surface area contributed by atoms with Crippen molar-refractivity contribution in [3.8, 4) is 5.88 Å². The van der Waals surface area contributed by atoms with Crippen LogP contribution < -0.4 is 10.5 Å². The van der Waals surface area contributed by atoms with Crippen molar-refractivity contribution >= 4 is 17.4 Å². The molecular weight excluding hydrogens is 274 g/mol. The molecule has 2 rings (SSSR count). The number of aryl methyl sites for hydroxylation is 1. The van der Waals surface area contributed by atoms with E-state index in [9.17, 15) is 0 Å². The molecule has 0 saturated heterocycles. The molecule has 0 atom stereocenters. The largest absolute Gasteiger partial charge is 0.476 e. The number of anilines is 1. The lowest BCUT2D eigenvalue weighted by Gasteiger charge is -2.10. The molecule has 7 heteroatoms. The molecule has 0 aromatic carbocycles. The van der Waals surface area contributed by atoms with Gasteiger partial charge >= 0.3 is 0 Å². The summed E-state index contributed by atoms with van der Waals surface area (Å²) in [4.78, 5) is 4.42. The summed E-state index contributed by atoms with van der Waals surface area (Å²) in [7, 11) is 1.92. The van der Waals surface area contributed by atoms with E-state index < -0.39 is 0 Å². The number of nitrogens with two attached hydrogens (primary N) is 1. The second-order valence-corrected chi connectivity index (χ2v) is 5.93. The smallest absolute Gasteiger partial charge is 0.238 e. The van der Waals surface area contributed by atoms with Gasteiger partial charge in [-0.15, -0.1) is 10.2 Å². The molecule has 0 aliphatic rings. The van der Waals surface area contributed by atoms with Crippen molar-refractivity contribution in [2.45, 2.75) is 31.0 Å². The van der Waals surface area contributed by atoms with Gasteiger partial charge in [-0.1, -0.05) is 13.8 Å². The molecule has 2 N–H and O–H groups in total. The number of nitrogen functional groups attached to an aromatic ring is 1. The van der Waals surface area contributed by atoms with Crippen LogP contribution in [0.4, 0.5) is 5.69 Å². The first kappa shape index (κ1) is 14.6. The minimum atomic E-state index is 0.425. The van der Waals surface area contributed by atoms with Gasteiger partial charge in [0.25, 0.3) is 0 Å². The van der Waals surface area contributed by atoms with Gasteiger partial charge in [0, 0.05) is 7.05 Å². The number of hydrogen-bond donors (Lipinski definition) is 1. The van der Waals surface area contributed by atoms with E-state index in [1.165, 1.54) is 11.8 Å².